The maximum atomic E-state index is 13.1. The van der Waals surface area contributed by atoms with Crippen molar-refractivity contribution in [2.45, 2.75) is 19.2 Å². The van der Waals surface area contributed by atoms with Gasteiger partial charge in [-0.05, 0) is 23.8 Å². The lowest BCUT2D eigenvalue weighted by Gasteiger charge is -2.08. The Morgan fingerprint density at radius 2 is 1.85 bits per heavy atom. The van der Waals surface area contributed by atoms with E-state index >= 15 is 0 Å². The molecule has 3 nitrogen and oxygen atoms in total. The summed E-state index contributed by atoms with van der Waals surface area (Å²) in [6.07, 6.45) is -5.18. The number of halogens is 4. The Hall–Kier alpha value is -3.01. The Morgan fingerprint density at radius 1 is 1.12 bits per heavy atom. The van der Waals surface area contributed by atoms with Gasteiger partial charge in [-0.2, -0.15) is 13.2 Å². The number of carbonyl (C=O) groups excluding carboxylic acids is 1. The quantitative estimate of drug-likeness (QED) is 0.492. The van der Waals surface area contributed by atoms with Crippen molar-refractivity contribution in [1.82, 2.24) is 5.32 Å². The Labute approximate surface area is 148 Å². The number of nitrogens with one attached hydrogen (secondary N) is 1. The first-order valence-corrected chi connectivity index (χ1v) is 7.66. The minimum Gasteiger partial charge on any atom is -0.445 e. The van der Waals surface area contributed by atoms with E-state index in [-0.39, 0.29) is 19.6 Å². The van der Waals surface area contributed by atoms with Crippen LogP contribution in [0.5, 0.6) is 0 Å². The highest BCUT2D eigenvalue weighted by Gasteiger charge is 2.33. The highest BCUT2D eigenvalue weighted by atomic mass is 19.4. The molecule has 2 rings (SSSR count). The molecule has 0 spiro atoms. The zero-order chi connectivity index (χ0) is 19.0. The molecule has 0 saturated heterocycles. The third kappa shape index (κ3) is 6.13. The van der Waals surface area contributed by atoms with Crippen molar-refractivity contribution < 1.29 is 27.1 Å². The molecular weight excluding hydrogens is 350 g/mol. The Balaban J connectivity index is 1.82. The first-order chi connectivity index (χ1) is 12.4. The van der Waals surface area contributed by atoms with E-state index in [0.29, 0.717) is 6.07 Å². The van der Waals surface area contributed by atoms with Crippen molar-refractivity contribution in [2.24, 2.45) is 0 Å². The normalized spacial score (nSPS) is 10.6. The largest absolute Gasteiger partial charge is 0.445 e. The van der Waals surface area contributed by atoms with Crippen LogP contribution in [0.4, 0.5) is 22.4 Å². The summed E-state index contributed by atoms with van der Waals surface area (Å²) in [5.74, 6) is 3.97. The van der Waals surface area contributed by atoms with Crippen LogP contribution in [0.2, 0.25) is 0 Å². The number of amides is 1. The lowest BCUT2D eigenvalue weighted by atomic mass is 10.1. The third-order valence-electron chi connectivity index (χ3n) is 3.24. The number of hydrogen-bond donors (Lipinski definition) is 1. The second kappa shape index (κ2) is 8.90. The molecule has 0 atom stereocenters. The summed E-state index contributed by atoms with van der Waals surface area (Å²) < 4.78 is 56.6. The van der Waals surface area contributed by atoms with Gasteiger partial charge >= 0.3 is 12.3 Å². The van der Waals surface area contributed by atoms with E-state index in [1.807, 2.05) is 18.2 Å². The monoisotopic (exact) mass is 365 g/mol. The molecule has 0 saturated carbocycles. The summed E-state index contributed by atoms with van der Waals surface area (Å²) in [7, 11) is 0. The van der Waals surface area contributed by atoms with Crippen LogP contribution in [0.3, 0.4) is 0 Å². The SMILES string of the molecule is O=C(NCCC#Cc1cc(F)ccc1C(F)(F)F)OCc1ccccc1. The molecule has 0 heterocycles. The zero-order valence-electron chi connectivity index (χ0n) is 13.6. The maximum absolute atomic E-state index is 13.1. The molecule has 2 aromatic carbocycles. The van der Waals surface area contributed by atoms with Gasteiger partial charge in [0.1, 0.15) is 12.4 Å². The molecule has 0 aromatic heterocycles. The van der Waals surface area contributed by atoms with Crippen molar-refractivity contribution in [3.8, 4) is 11.8 Å². The van der Waals surface area contributed by atoms with E-state index < -0.39 is 29.2 Å². The molecule has 2 aromatic rings. The van der Waals surface area contributed by atoms with Gasteiger partial charge in [0.2, 0.25) is 0 Å². The van der Waals surface area contributed by atoms with Crippen LogP contribution in [-0.2, 0) is 17.5 Å². The third-order valence-corrected chi connectivity index (χ3v) is 3.24. The lowest BCUT2D eigenvalue weighted by molar-refractivity contribution is -0.137. The van der Waals surface area contributed by atoms with E-state index in [2.05, 4.69) is 17.2 Å². The minimum absolute atomic E-state index is 0.0915. The van der Waals surface area contributed by atoms with Gasteiger partial charge in [0.05, 0.1) is 5.56 Å². The van der Waals surface area contributed by atoms with Gasteiger partial charge in [0.15, 0.2) is 0 Å². The Morgan fingerprint density at radius 3 is 2.54 bits per heavy atom. The van der Waals surface area contributed by atoms with E-state index in [0.717, 1.165) is 17.7 Å². The standard InChI is InChI=1S/C19H15F4NO2/c20-16-9-10-17(19(21,22)23)15(12-16)8-4-5-11-24-18(25)26-13-14-6-2-1-3-7-14/h1-3,6-7,9-10,12H,5,11,13H2,(H,24,25). The molecule has 0 aliphatic heterocycles. The van der Waals surface area contributed by atoms with Crippen LogP contribution in [0.1, 0.15) is 23.1 Å². The summed E-state index contributed by atoms with van der Waals surface area (Å²) in [4.78, 5) is 11.5. The molecule has 1 amide bonds. The molecule has 0 unspecified atom stereocenters. The topological polar surface area (TPSA) is 38.3 Å². The van der Waals surface area contributed by atoms with Crippen LogP contribution < -0.4 is 5.32 Å². The Kier molecular flexibility index (Phi) is 6.61. The fraction of sp³-hybridized carbons (Fsp3) is 0.211. The molecule has 0 aliphatic carbocycles. The molecule has 1 N–H and O–H groups in total. The van der Waals surface area contributed by atoms with E-state index in [9.17, 15) is 22.4 Å². The molecule has 7 heteroatoms. The van der Waals surface area contributed by atoms with Crippen molar-refractivity contribution >= 4 is 6.09 Å². The minimum atomic E-state index is -4.61. The molecule has 0 radical (unpaired) electrons. The van der Waals surface area contributed by atoms with E-state index in [1.54, 1.807) is 12.1 Å². The van der Waals surface area contributed by atoms with Crippen molar-refractivity contribution in [2.75, 3.05) is 6.54 Å². The number of alkyl carbamates (subject to hydrolysis) is 1. The lowest BCUT2D eigenvalue weighted by Crippen LogP contribution is -2.24. The van der Waals surface area contributed by atoms with Crippen LogP contribution in [-0.4, -0.2) is 12.6 Å². The molecule has 136 valence electrons. The number of benzene rings is 2. The molecule has 0 fully saturated rings. The second-order valence-corrected chi connectivity index (χ2v) is 5.23. The molecule has 0 aliphatic rings. The van der Waals surface area contributed by atoms with Crippen LogP contribution in [0.25, 0.3) is 0 Å². The van der Waals surface area contributed by atoms with Crippen molar-refractivity contribution in [1.29, 1.82) is 0 Å². The van der Waals surface area contributed by atoms with E-state index in [1.165, 1.54) is 0 Å². The molecule has 0 bridgehead atoms. The molecular formula is C19H15F4NO2. The highest BCUT2D eigenvalue weighted by molar-refractivity contribution is 5.67. The van der Waals surface area contributed by atoms with Gasteiger partial charge in [-0.1, -0.05) is 42.2 Å². The van der Waals surface area contributed by atoms with Crippen LogP contribution in [0.15, 0.2) is 48.5 Å². The van der Waals surface area contributed by atoms with Gasteiger partial charge in [-0.3, -0.25) is 0 Å². The van der Waals surface area contributed by atoms with Gasteiger partial charge in [-0.15, -0.1) is 0 Å². The first-order valence-electron chi connectivity index (χ1n) is 7.66. The van der Waals surface area contributed by atoms with Gasteiger partial charge in [0, 0.05) is 18.5 Å². The van der Waals surface area contributed by atoms with Crippen molar-refractivity contribution in [3.63, 3.8) is 0 Å². The maximum Gasteiger partial charge on any atom is 0.417 e. The first kappa shape index (κ1) is 19.3. The molecule has 26 heavy (non-hydrogen) atoms. The number of carbonyl (C=O) groups is 1. The van der Waals surface area contributed by atoms with Gasteiger partial charge < -0.3 is 10.1 Å². The number of ether oxygens (including phenoxy) is 1. The van der Waals surface area contributed by atoms with Crippen molar-refractivity contribution in [3.05, 3.63) is 71.0 Å². The zero-order valence-corrected chi connectivity index (χ0v) is 13.6. The van der Waals surface area contributed by atoms with E-state index in [4.69, 9.17) is 4.74 Å². The number of hydrogen-bond acceptors (Lipinski definition) is 2. The average molecular weight is 365 g/mol. The average Bonchev–Trinajstić information content (AvgIpc) is 2.59. The fourth-order valence-electron chi connectivity index (χ4n) is 2.03. The van der Waals surface area contributed by atoms with Crippen LogP contribution in [0, 0.1) is 17.7 Å². The summed E-state index contributed by atoms with van der Waals surface area (Å²) in [6.45, 7) is 0.202. The second-order valence-electron chi connectivity index (χ2n) is 5.23. The Bertz CT molecular complexity index is 808. The number of rotatable bonds is 4. The van der Waals surface area contributed by atoms with Crippen LogP contribution >= 0.6 is 0 Å². The van der Waals surface area contributed by atoms with Gasteiger partial charge in [-0.25, -0.2) is 9.18 Å². The summed E-state index contributed by atoms with van der Waals surface area (Å²) >= 11 is 0. The predicted molar refractivity (Wildman–Crippen MR) is 87.5 cm³/mol. The smallest absolute Gasteiger partial charge is 0.417 e. The number of alkyl halides is 3. The van der Waals surface area contributed by atoms with Gasteiger partial charge in [0.25, 0.3) is 0 Å². The summed E-state index contributed by atoms with van der Waals surface area (Å²) in [5, 5.41) is 2.44. The summed E-state index contributed by atoms with van der Waals surface area (Å²) in [5.41, 5.74) is -0.612. The predicted octanol–water partition coefficient (Wildman–Crippen LogP) is 4.51. The summed E-state index contributed by atoms with van der Waals surface area (Å²) in [6, 6.07) is 11.2. The highest BCUT2D eigenvalue weighted by Crippen LogP contribution is 2.31. The fourth-order valence-corrected chi connectivity index (χ4v) is 2.03.